The summed E-state index contributed by atoms with van der Waals surface area (Å²) in [5.74, 6) is 2.35. The summed E-state index contributed by atoms with van der Waals surface area (Å²) in [6.45, 7) is 16.6. The molecule has 0 bridgehead atoms. The molecule has 0 N–H and O–H groups in total. The molecule has 3 unspecified atom stereocenters. The molecule has 0 saturated heterocycles. The largest absolute Gasteiger partial charge is 0.384 e. The molecule has 0 spiro atoms. The van der Waals surface area contributed by atoms with Gasteiger partial charge in [-0.1, -0.05) is 48.0 Å². The maximum Gasteiger partial charge on any atom is 0.162 e. The zero-order chi connectivity index (χ0) is 26.6. The Morgan fingerprint density at radius 3 is 2.54 bits per heavy atom. The van der Waals surface area contributed by atoms with Gasteiger partial charge in [-0.3, -0.25) is 9.48 Å². The molecule has 1 aromatic heterocycles. The summed E-state index contributed by atoms with van der Waals surface area (Å²) >= 11 is 0. The zero-order valence-corrected chi connectivity index (χ0v) is 24.2. The van der Waals surface area contributed by atoms with Crippen molar-refractivity contribution in [1.29, 1.82) is 5.26 Å². The van der Waals surface area contributed by atoms with Gasteiger partial charge in [0.2, 0.25) is 0 Å². The average Bonchev–Trinajstić information content (AvgIpc) is 3.43. The number of ketones is 1. The molecule has 37 heavy (non-hydrogen) atoms. The summed E-state index contributed by atoms with van der Waals surface area (Å²) in [4.78, 5) is 14.0. The van der Waals surface area contributed by atoms with E-state index in [4.69, 9.17) is 4.74 Å². The molecule has 10 atom stereocenters. The summed E-state index contributed by atoms with van der Waals surface area (Å²) in [5, 5.41) is 13.5. The highest BCUT2D eigenvalue weighted by molar-refractivity contribution is 5.83. The number of Topliss-reactive ketones (excluding diaryl/α,β-unsaturated/α-hetero) is 1. The van der Waals surface area contributed by atoms with Crippen molar-refractivity contribution >= 4 is 5.78 Å². The first-order valence-corrected chi connectivity index (χ1v) is 14.8. The van der Waals surface area contributed by atoms with Crippen LogP contribution in [0.15, 0.2) is 12.3 Å². The Morgan fingerprint density at radius 1 is 1.14 bits per heavy atom. The smallest absolute Gasteiger partial charge is 0.162 e. The summed E-state index contributed by atoms with van der Waals surface area (Å²) in [7, 11) is 1.92. The Bertz CT molecular complexity index is 1170. The van der Waals surface area contributed by atoms with Crippen LogP contribution in [0, 0.1) is 67.5 Å². The lowest BCUT2D eigenvalue weighted by Gasteiger charge is -2.78. The molecule has 5 nitrogen and oxygen atoms in total. The third-order valence-electron chi connectivity index (χ3n) is 14.5. The molecule has 202 valence electrons. The van der Waals surface area contributed by atoms with Gasteiger partial charge in [0.25, 0.3) is 0 Å². The van der Waals surface area contributed by atoms with E-state index in [1.165, 1.54) is 44.9 Å². The van der Waals surface area contributed by atoms with Crippen LogP contribution < -0.4 is 0 Å². The number of carbonyl (C=O) groups excluding carboxylic acids is 1. The van der Waals surface area contributed by atoms with Crippen LogP contribution in [0.4, 0.5) is 0 Å². The van der Waals surface area contributed by atoms with Crippen molar-refractivity contribution in [2.45, 2.75) is 99.5 Å². The first-order valence-electron chi connectivity index (χ1n) is 14.8. The lowest BCUT2D eigenvalue weighted by molar-refractivity contribution is -0.308. The van der Waals surface area contributed by atoms with Gasteiger partial charge < -0.3 is 4.74 Å². The number of nitriles is 1. The lowest BCUT2D eigenvalue weighted by Crippen LogP contribution is -2.73. The fraction of sp³-hybridized carbons (Fsp3) is 0.844. The Kier molecular flexibility index (Phi) is 5.33. The van der Waals surface area contributed by atoms with Crippen molar-refractivity contribution in [3.63, 3.8) is 0 Å². The molecule has 0 radical (unpaired) electrons. The number of carbonyl (C=O) groups is 1. The van der Waals surface area contributed by atoms with Gasteiger partial charge in [-0.05, 0) is 95.8 Å². The van der Waals surface area contributed by atoms with E-state index in [9.17, 15) is 10.1 Å². The summed E-state index contributed by atoms with van der Waals surface area (Å²) < 4.78 is 7.85. The summed E-state index contributed by atoms with van der Waals surface area (Å²) in [5.41, 5.74) is 1.37. The first-order chi connectivity index (χ1) is 17.4. The van der Waals surface area contributed by atoms with Gasteiger partial charge in [0.05, 0.1) is 13.2 Å². The maximum atomic E-state index is 14.0. The maximum absolute atomic E-state index is 14.0. The SMILES string of the molecule is COC[C@]12CC[C@H](C)C[C@@]1(C)CC[C@]1(C)[C@]2(C)CC[C@]2(C)C(C(=O)Cn3ccc(C#N)n3)C3CC3[C@@]12C. The molecular weight excluding hydrogens is 458 g/mol. The second kappa shape index (κ2) is 7.71. The molecule has 5 aliphatic rings. The lowest BCUT2D eigenvalue weighted by atomic mass is 9.26. The van der Waals surface area contributed by atoms with Crippen LogP contribution >= 0.6 is 0 Å². The van der Waals surface area contributed by atoms with Crippen LogP contribution in [0.2, 0.25) is 0 Å². The molecule has 0 amide bonds. The van der Waals surface area contributed by atoms with Gasteiger partial charge in [-0.15, -0.1) is 0 Å². The number of nitrogens with zero attached hydrogens (tertiary/aromatic N) is 3. The fourth-order valence-corrected chi connectivity index (χ4v) is 12.3. The Morgan fingerprint density at radius 2 is 1.86 bits per heavy atom. The van der Waals surface area contributed by atoms with Crippen LogP contribution in [0.3, 0.4) is 0 Å². The molecule has 5 saturated carbocycles. The number of fused-ring (bicyclic) bond motifs is 7. The highest BCUT2D eigenvalue weighted by atomic mass is 16.5. The van der Waals surface area contributed by atoms with Crippen molar-refractivity contribution in [2.24, 2.45) is 56.2 Å². The first kappa shape index (κ1) is 25.6. The predicted molar refractivity (Wildman–Crippen MR) is 143 cm³/mol. The van der Waals surface area contributed by atoms with E-state index < -0.39 is 0 Å². The minimum absolute atomic E-state index is 0.00109. The zero-order valence-electron chi connectivity index (χ0n) is 24.2. The normalized spacial score (nSPS) is 51.8. The number of ether oxygens (including phenoxy) is 1. The van der Waals surface area contributed by atoms with Crippen molar-refractivity contribution in [2.75, 3.05) is 13.7 Å². The molecule has 5 fully saturated rings. The van der Waals surface area contributed by atoms with Gasteiger partial charge in [0.15, 0.2) is 11.5 Å². The van der Waals surface area contributed by atoms with Crippen LogP contribution in [0.1, 0.15) is 98.6 Å². The van der Waals surface area contributed by atoms with E-state index in [1.54, 1.807) is 16.9 Å². The molecule has 0 aromatic carbocycles. The standard InChI is InChI=1S/C32H47N3O2/c1-21-8-10-32(20-37-7)27(2,17-21)11-13-29(4)30(32,5)14-12-28(3)26(23-16-24(23)31(28,29)6)25(36)19-35-15-9-22(18-33)34-35/h9,15,21,23-24,26H,8,10-14,16-17,19-20H2,1-7H3/t21-,23?,24?,26?,27+,28+,29+,30-,31+,32+/m0/s1. The van der Waals surface area contributed by atoms with Crippen molar-refractivity contribution in [3.05, 3.63) is 18.0 Å². The second-order valence-corrected chi connectivity index (χ2v) is 15.2. The summed E-state index contributed by atoms with van der Waals surface area (Å²) in [6.07, 6.45) is 11.7. The summed E-state index contributed by atoms with van der Waals surface area (Å²) in [6, 6.07) is 3.80. The number of hydrogen-bond acceptors (Lipinski definition) is 4. The fourth-order valence-electron chi connectivity index (χ4n) is 12.3. The van der Waals surface area contributed by atoms with E-state index in [0.29, 0.717) is 35.3 Å². The molecule has 1 heterocycles. The number of hydrogen-bond donors (Lipinski definition) is 0. The van der Waals surface area contributed by atoms with E-state index in [-0.39, 0.29) is 33.0 Å². The highest BCUT2D eigenvalue weighted by Gasteiger charge is 2.84. The monoisotopic (exact) mass is 505 g/mol. The molecular formula is C32H47N3O2. The van der Waals surface area contributed by atoms with Crippen LogP contribution in [0.25, 0.3) is 0 Å². The van der Waals surface area contributed by atoms with Crippen molar-refractivity contribution in [3.8, 4) is 6.07 Å². The van der Waals surface area contributed by atoms with Gasteiger partial charge in [-0.25, -0.2) is 0 Å². The topological polar surface area (TPSA) is 67.9 Å². The molecule has 5 heteroatoms. The van der Waals surface area contributed by atoms with Crippen LogP contribution in [0.5, 0.6) is 0 Å². The molecule has 1 aromatic rings. The van der Waals surface area contributed by atoms with Crippen molar-refractivity contribution < 1.29 is 9.53 Å². The number of rotatable bonds is 5. The highest BCUT2D eigenvalue weighted by Crippen LogP contribution is 2.88. The van der Waals surface area contributed by atoms with Gasteiger partial charge in [-0.2, -0.15) is 10.4 Å². The minimum Gasteiger partial charge on any atom is -0.384 e. The number of methoxy groups -OCH3 is 1. The van der Waals surface area contributed by atoms with E-state index >= 15 is 0 Å². The van der Waals surface area contributed by atoms with Gasteiger partial charge in [0.1, 0.15) is 6.07 Å². The molecule has 6 rings (SSSR count). The Labute approximate surface area is 223 Å². The van der Waals surface area contributed by atoms with Crippen molar-refractivity contribution in [1.82, 2.24) is 9.78 Å². The van der Waals surface area contributed by atoms with E-state index in [1.807, 2.05) is 7.11 Å². The number of aromatic nitrogens is 2. The third kappa shape index (κ3) is 2.79. The molecule has 5 aliphatic carbocycles. The average molecular weight is 506 g/mol. The Balaban J connectivity index is 1.41. The van der Waals surface area contributed by atoms with E-state index in [2.05, 4.69) is 52.7 Å². The molecule has 0 aliphatic heterocycles. The van der Waals surface area contributed by atoms with Gasteiger partial charge >= 0.3 is 0 Å². The minimum atomic E-state index is 0.00109. The third-order valence-corrected chi connectivity index (χ3v) is 14.5. The van der Waals surface area contributed by atoms with Gasteiger partial charge in [0, 0.05) is 24.6 Å². The Hall–Kier alpha value is -1.67. The predicted octanol–water partition coefficient (Wildman–Crippen LogP) is 6.66. The second-order valence-electron chi connectivity index (χ2n) is 15.2. The van der Waals surface area contributed by atoms with E-state index in [0.717, 1.165) is 18.9 Å². The van der Waals surface area contributed by atoms with Crippen LogP contribution in [-0.2, 0) is 16.1 Å². The van der Waals surface area contributed by atoms with Crippen LogP contribution in [-0.4, -0.2) is 29.3 Å². The quantitative estimate of drug-likeness (QED) is 0.449.